The maximum Gasteiger partial charge on any atom is 0.326 e. The lowest BCUT2D eigenvalue weighted by molar-refractivity contribution is -0.143. The van der Waals surface area contributed by atoms with E-state index in [1.165, 1.54) is 11.3 Å². The van der Waals surface area contributed by atoms with Crippen LogP contribution < -0.4 is 9.54 Å². The van der Waals surface area contributed by atoms with E-state index in [-0.39, 0.29) is 13.2 Å². The van der Waals surface area contributed by atoms with Crippen LogP contribution in [0.3, 0.4) is 0 Å². The van der Waals surface area contributed by atoms with E-state index in [0.29, 0.717) is 22.0 Å². The third-order valence-electron chi connectivity index (χ3n) is 3.85. The van der Waals surface area contributed by atoms with Gasteiger partial charge in [-0.1, -0.05) is 22.9 Å². The molecule has 8 heteroatoms. The number of fused-ring (bicyclic) bond motifs is 1. The Morgan fingerprint density at radius 2 is 1.86 bits per heavy atom. The van der Waals surface area contributed by atoms with Crippen LogP contribution in [-0.2, 0) is 16.1 Å². The number of nitrogens with zero attached hydrogens (tertiary/aromatic N) is 2. The zero-order valence-corrected chi connectivity index (χ0v) is 17.0. The number of amides is 1. The van der Waals surface area contributed by atoms with Gasteiger partial charge < -0.3 is 14.0 Å². The van der Waals surface area contributed by atoms with Gasteiger partial charge in [-0.05, 0) is 56.3 Å². The molecular weight excluding hydrogens is 400 g/mol. The van der Waals surface area contributed by atoms with Crippen LogP contribution in [0, 0.1) is 0 Å². The number of halogens is 1. The van der Waals surface area contributed by atoms with Crippen LogP contribution in [0.2, 0.25) is 5.02 Å². The second kappa shape index (κ2) is 9.03. The van der Waals surface area contributed by atoms with Gasteiger partial charge in [-0.25, -0.2) is 0 Å². The fraction of sp³-hybridized carbons (Fsp3) is 0.250. The summed E-state index contributed by atoms with van der Waals surface area (Å²) in [5.41, 5.74) is 1.20. The highest BCUT2D eigenvalue weighted by molar-refractivity contribution is 7.16. The minimum Gasteiger partial charge on any atom is -0.494 e. The van der Waals surface area contributed by atoms with Crippen LogP contribution >= 0.6 is 22.9 Å². The molecule has 0 unspecified atom stereocenters. The fourth-order valence-corrected chi connectivity index (χ4v) is 3.81. The molecule has 0 bridgehead atoms. The predicted molar refractivity (Wildman–Crippen MR) is 109 cm³/mol. The summed E-state index contributed by atoms with van der Waals surface area (Å²) in [5.74, 6) is -0.0857. The fourth-order valence-electron chi connectivity index (χ4n) is 2.63. The molecule has 0 N–H and O–H groups in total. The first-order valence-electron chi connectivity index (χ1n) is 8.78. The number of rotatable bonds is 6. The number of ether oxygens (including phenoxy) is 2. The quantitative estimate of drug-likeness (QED) is 0.566. The predicted octanol–water partition coefficient (Wildman–Crippen LogP) is 4.06. The second-order valence-electron chi connectivity index (χ2n) is 5.76. The highest BCUT2D eigenvalue weighted by Crippen LogP contribution is 2.23. The van der Waals surface area contributed by atoms with Gasteiger partial charge in [0.05, 0.1) is 23.4 Å². The molecular formula is C20H19ClN2O4S. The summed E-state index contributed by atoms with van der Waals surface area (Å²) in [6.07, 6.45) is 0. The molecule has 0 radical (unpaired) electrons. The van der Waals surface area contributed by atoms with E-state index < -0.39 is 11.9 Å². The van der Waals surface area contributed by atoms with E-state index in [2.05, 4.69) is 4.99 Å². The van der Waals surface area contributed by atoms with Crippen molar-refractivity contribution in [3.63, 3.8) is 0 Å². The third kappa shape index (κ3) is 4.61. The van der Waals surface area contributed by atoms with Crippen molar-refractivity contribution in [1.82, 2.24) is 4.57 Å². The van der Waals surface area contributed by atoms with Crippen molar-refractivity contribution in [3.05, 3.63) is 57.9 Å². The van der Waals surface area contributed by atoms with Crippen molar-refractivity contribution >= 4 is 45.0 Å². The number of carbonyl (C=O) groups excluding carboxylic acids is 2. The Labute approximate surface area is 171 Å². The number of hydrogen-bond donors (Lipinski definition) is 0. The number of aromatic nitrogens is 1. The van der Waals surface area contributed by atoms with Crippen LogP contribution in [0.5, 0.6) is 5.75 Å². The lowest BCUT2D eigenvalue weighted by Gasteiger charge is -2.06. The van der Waals surface area contributed by atoms with Crippen LogP contribution in [-0.4, -0.2) is 29.7 Å². The van der Waals surface area contributed by atoms with Gasteiger partial charge in [0, 0.05) is 10.6 Å². The topological polar surface area (TPSA) is 69.9 Å². The number of thiazole rings is 1. The molecule has 1 aromatic heterocycles. The number of benzene rings is 2. The molecule has 3 aromatic rings. The lowest BCUT2D eigenvalue weighted by Crippen LogP contribution is -2.23. The van der Waals surface area contributed by atoms with Crippen LogP contribution in [0.15, 0.2) is 47.5 Å². The lowest BCUT2D eigenvalue weighted by atomic mass is 10.2. The summed E-state index contributed by atoms with van der Waals surface area (Å²) in [4.78, 5) is 29.3. The van der Waals surface area contributed by atoms with Gasteiger partial charge in [0.25, 0.3) is 5.91 Å². The Morgan fingerprint density at radius 3 is 2.54 bits per heavy atom. The summed E-state index contributed by atoms with van der Waals surface area (Å²) < 4.78 is 13.1. The van der Waals surface area contributed by atoms with E-state index in [1.54, 1.807) is 35.8 Å². The van der Waals surface area contributed by atoms with Gasteiger partial charge in [0.1, 0.15) is 12.3 Å². The molecule has 0 spiro atoms. The van der Waals surface area contributed by atoms with Gasteiger partial charge in [-0.2, -0.15) is 4.99 Å². The second-order valence-corrected chi connectivity index (χ2v) is 7.21. The Kier molecular flexibility index (Phi) is 6.49. The minimum atomic E-state index is -0.411. The largest absolute Gasteiger partial charge is 0.494 e. The molecule has 0 aliphatic rings. The van der Waals surface area contributed by atoms with E-state index in [1.807, 2.05) is 25.1 Å². The highest BCUT2D eigenvalue weighted by Gasteiger charge is 2.13. The minimum absolute atomic E-state index is 0.0332. The standard InChI is InChI=1S/C20H19ClN2O4S/c1-3-26-15-9-10-16-17(11-15)28-20(23(16)12-18(24)27-4-2)22-19(25)13-5-7-14(21)8-6-13/h5-11H,3-4,12H2,1-2H3. The highest BCUT2D eigenvalue weighted by atomic mass is 35.5. The van der Waals surface area contributed by atoms with Gasteiger partial charge in [-0.15, -0.1) is 0 Å². The summed E-state index contributed by atoms with van der Waals surface area (Å²) in [5, 5.41) is 0.541. The first kappa shape index (κ1) is 20.1. The maximum absolute atomic E-state index is 12.6. The SMILES string of the molecule is CCOC(=O)Cn1c(=NC(=O)c2ccc(Cl)cc2)sc2cc(OCC)ccc21. The van der Waals surface area contributed by atoms with E-state index in [4.69, 9.17) is 21.1 Å². The van der Waals surface area contributed by atoms with Crippen molar-refractivity contribution in [1.29, 1.82) is 0 Å². The molecule has 6 nitrogen and oxygen atoms in total. The van der Waals surface area contributed by atoms with Crippen molar-refractivity contribution in [2.24, 2.45) is 4.99 Å². The Balaban J connectivity index is 2.08. The number of hydrogen-bond acceptors (Lipinski definition) is 5. The molecule has 0 saturated heterocycles. The average molecular weight is 419 g/mol. The summed E-state index contributed by atoms with van der Waals surface area (Å²) >= 11 is 7.19. The number of esters is 1. The average Bonchev–Trinajstić information content (AvgIpc) is 2.99. The Hall–Kier alpha value is -2.64. The monoisotopic (exact) mass is 418 g/mol. The zero-order valence-electron chi connectivity index (χ0n) is 15.5. The van der Waals surface area contributed by atoms with Crippen molar-refractivity contribution < 1.29 is 19.1 Å². The molecule has 2 aromatic carbocycles. The van der Waals surface area contributed by atoms with Gasteiger partial charge in [0.2, 0.25) is 0 Å². The van der Waals surface area contributed by atoms with Gasteiger partial charge in [0.15, 0.2) is 4.80 Å². The molecule has 0 fully saturated rings. The van der Waals surface area contributed by atoms with Crippen LogP contribution in [0.25, 0.3) is 10.2 Å². The third-order valence-corrected chi connectivity index (χ3v) is 5.14. The van der Waals surface area contributed by atoms with Gasteiger partial charge in [-0.3, -0.25) is 9.59 Å². The molecule has 146 valence electrons. The first-order chi connectivity index (χ1) is 13.5. The molecule has 0 aliphatic heterocycles. The Morgan fingerprint density at radius 1 is 1.11 bits per heavy atom. The molecule has 0 atom stereocenters. The number of carbonyl (C=O) groups is 2. The normalized spacial score (nSPS) is 11.6. The van der Waals surface area contributed by atoms with E-state index in [0.717, 1.165) is 16.0 Å². The summed E-state index contributed by atoms with van der Waals surface area (Å²) in [6, 6.07) is 12.0. The van der Waals surface area contributed by atoms with E-state index in [9.17, 15) is 9.59 Å². The first-order valence-corrected chi connectivity index (χ1v) is 9.97. The molecule has 28 heavy (non-hydrogen) atoms. The smallest absolute Gasteiger partial charge is 0.326 e. The van der Waals surface area contributed by atoms with Crippen LogP contribution in [0.4, 0.5) is 0 Å². The van der Waals surface area contributed by atoms with Gasteiger partial charge >= 0.3 is 5.97 Å². The summed E-state index contributed by atoms with van der Waals surface area (Å²) in [6.45, 7) is 4.45. The molecule has 0 aliphatic carbocycles. The Bertz CT molecular complexity index is 1070. The molecule has 3 rings (SSSR count). The van der Waals surface area contributed by atoms with Crippen molar-refractivity contribution in [3.8, 4) is 5.75 Å². The van der Waals surface area contributed by atoms with E-state index >= 15 is 0 Å². The zero-order chi connectivity index (χ0) is 20.1. The molecule has 1 heterocycles. The maximum atomic E-state index is 12.6. The summed E-state index contributed by atoms with van der Waals surface area (Å²) in [7, 11) is 0. The molecule has 0 saturated carbocycles. The van der Waals surface area contributed by atoms with Crippen molar-refractivity contribution in [2.75, 3.05) is 13.2 Å². The molecule has 1 amide bonds. The van der Waals surface area contributed by atoms with Crippen molar-refractivity contribution in [2.45, 2.75) is 20.4 Å². The van der Waals surface area contributed by atoms with Crippen LogP contribution in [0.1, 0.15) is 24.2 Å².